The maximum atomic E-state index is 12.7. The molecule has 0 saturated carbocycles. The molecule has 21 heavy (non-hydrogen) atoms. The number of hydrogen-bond donors (Lipinski definition) is 2. The molecule has 2 rings (SSSR count). The average Bonchev–Trinajstić information content (AvgIpc) is 2.93. The number of carboxylic acids is 1. The van der Waals surface area contributed by atoms with Crippen LogP contribution in [0.4, 0.5) is 4.39 Å². The summed E-state index contributed by atoms with van der Waals surface area (Å²) in [5.41, 5.74) is 0. The fourth-order valence-corrected chi connectivity index (χ4v) is 2.00. The lowest BCUT2D eigenvalue weighted by molar-refractivity contribution is -0.149. The normalized spacial score (nSPS) is 21.0. The number of nitrogens with one attached hydrogen (secondary N) is 1. The predicted octanol–water partition coefficient (Wildman–Crippen LogP) is 0.953. The molecule has 7 heteroatoms. The van der Waals surface area contributed by atoms with Crippen LogP contribution in [0.1, 0.15) is 12.8 Å². The van der Waals surface area contributed by atoms with Crippen molar-refractivity contribution in [3.63, 3.8) is 0 Å². The van der Waals surface area contributed by atoms with E-state index in [9.17, 15) is 14.0 Å². The monoisotopic (exact) mass is 297 g/mol. The van der Waals surface area contributed by atoms with Gasteiger partial charge in [-0.15, -0.1) is 0 Å². The van der Waals surface area contributed by atoms with Gasteiger partial charge in [0.25, 0.3) is 5.91 Å². The van der Waals surface area contributed by atoms with E-state index in [1.807, 2.05) is 0 Å². The second-order valence-corrected chi connectivity index (χ2v) is 4.71. The largest absolute Gasteiger partial charge is 0.484 e. The number of carbonyl (C=O) groups is 2. The van der Waals surface area contributed by atoms with Crippen LogP contribution >= 0.6 is 0 Å². The average molecular weight is 297 g/mol. The third-order valence-corrected chi connectivity index (χ3v) is 3.09. The van der Waals surface area contributed by atoms with Gasteiger partial charge < -0.3 is 19.9 Å². The highest BCUT2D eigenvalue weighted by atomic mass is 19.1. The molecule has 2 unspecified atom stereocenters. The van der Waals surface area contributed by atoms with Crippen LogP contribution in [0.15, 0.2) is 24.3 Å². The number of rotatable bonds is 6. The van der Waals surface area contributed by atoms with E-state index in [0.29, 0.717) is 18.6 Å². The van der Waals surface area contributed by atoms with E-state index in [-0.39, 0.29) is 31.0 Å². The van der Waals surface area contributed by atoms with Crippen molar-refractivity contribution in [1.82, 2.24) is 5.32 Å². The molecule has 1 aliphatic rings. The lowest BCUT2D eigenvalue weighted by atomic mass is 10.2. The van der Waals surface area contributed by atoms with Crippen LogP contribution in [-0.2, 0) is 14.3 Å². The molecule has 1 heterocycles. The molecule has 0 spiro atoms. The molecule has 0 aliphatic carbocycles. The van der Waals surface area contributed by atoms with Gasteiger partial charge in [0, 0.05) is 6.54 Å². The highest BCUT2D eigenvalue weighted by Gasteiger charge is 2.30. The summed E-state index contributed by atoms with van der Waals surface area (Å²) < 4.78 is 23.1. The van der Waals surface area contributed by atoms with E-state index in [1.54, 1.807) is 0 Å². The van der Waals surface area contributed by atoms with E-state index < -0.39 is 12.1 Å². The third-order valence-electron chi connectivity index (χ3n) is 3.09. The number of hydrogen-bond acceptors (Lipinski definition) is 4. The van der Waals surface area contributed by atoms with E-state index in [2.05, 4.69) is 5.32 Å². The summed E-state index contributed by atoms with van der Waals surface area (Å²) >= 11 is 0. The van der Waals surface area contributed by atoms with Crippen LogP contribution < -0.4 is 10.1 Å². The van der Waals surface area contributed by atoms with Crippen LogP contribution in [0.25, 0.3) is 0 Å². The smallest absolute Gasteiger partial charge is 0.332 e. The summed E-state index contributed by atoms with van der Waals surface area (Å²) in [5.74, 6) is -1.31. The summed E-state index contributed by atoms with van der Waals surface area (Å²) in [5, 5.41) is 11.4. The van der Waals surface area contributed by atoms with Crippen molar-refractivity contribution in [3.8, 4) is 5.75 Å². The van der Waals surface area contributed by atoms with Crippen molar-refractivity contribution < 1.29 is 28.6 Å². The lowest BCUT2D eigenvalue weighted by Crippen LogP contribution is -2.35. The second kappa shape index (κ2) is 7.03. The Labute approximate surface area is 120 Å². The SMILES string of the molecule is O=C(COc1ccc(F)cc1)NCC1CCC(C(=O)O)O1. The molecule has 1 aromatic rings. The van der Waals surface area contributed by atoms with Crippen molar-refractivity contribution in [3.05, 3.63) is 30.1 Å². The maximum absolute atomic E-state index is 12.7. The molecule has 0 radical (unpaired) electrons. The minimum atomic E-state index is -0.983. The van der Waals surface area contributed by atoms with Gasteiger partial charge in [-0.05, 0) is 37.1 Å². The van der Waals surface area contributed by atoms with Gasteiger partial charge in [-0.2, -0.15) is 0 Å². The number of benzene rings is 1. The van der Waals surface area contributed by atoms with E-state index >= 15 is 0 Å². The van der Waals surface area contributed by atoms with Crippen LogP contribution in [0.3, 0.4) is 0 Å². The molecular formula is C14H16FNO5. The molecule has 2 N–H and O–H groups in total. The Hall–Kier alpha value is -2.15. The van der Waals surface area contributed by atoms with Crippen molar-refractivity contribution in [1.29, 1.82) is 0 Å². The molecule has 1 saturated heterocycles. The van der Waals surface area contributed by atoms with E-state index in [0.717, 1.165) is 0 Å². The summed E-state index contributed by atoms with van der Waals surface area (Å²) in [6, 6.07) is 5.34. The van der Waals surface area contributed by atoms with Gasteiger partial charge in [-0.1, -0.05) is 0 Å². The molecule has 114 valence electrons. The first-order valence-electron chi connectivity index (χ1n) is 6.58. The summed E-state index contributed by atoms with van der Waals surface area (Å²) in [4.78, 5) is 22.3. The fourth-order valence-electron chi connectivity index (χ4n) is 2.00. The van der Waals surface area contributed by atoms with Gasteiger partial charge in [0.2, 0.25) is 0 Å². The first kappa shape index (κ1) is 15.2. The molecule has 6 nitrogen and oxygen atoms in total. The van der Waals surface area contributed by atoms with Crippen LogP contribution in [0, 0.1) is 5.82 Å². The minimum Gasteiger partial charge on any atom is -0.484 e. The molecule has 0 bridgehead atoms. The quantitative estimate of drug-likeness (QED) is 0.816. The molecule has 1 amide bonds. The summed E-state index contributed by atoms with van der Waals surface area (Å²) in [6.45, 7) is 0.0517. The number of carboxylic acid groups (broad SMARTS) is 1. The zero-order valence-electron chi connectivity index (χ0n) is 11.3. The topological polar surface area (TPSA) is 84.9 Å². The Morgan fingerprint density at radius 2 is 2.05 bits per heavy atom. The third kappa shape index (κ3) is 4.71. The highest BCUT2D eigenvalue weighted by Crippen LogP contribution is 2.19. The number of carbonyl (C=O) groups excluding carboxylic acids is 1. The van der Waals surface area contributed by atoms with Gasteiger partial charge in [-0.3, -0.25) is 4.79 Å². The van der Waals surface area contributed by atoms with E-state index in [4.69, 9.17) is 14.6 Å². The standard InChI is InChI=1S/C14H16FNO5/c15-9-1-3-10(4-2-9)20-8-13(17)16-7-11-5-6-12(21-11)14(18)19/h1-4,11-12H,5-8H2,(H,16,17)(H,18,19). The van der Waals surface area contributed by atoms with Gasteiger partial charge in [0.05, 0.1) is 6.10 Å². The highest BCUT2D eigenvalue weighted by molar-refractivity contribution is 5.77. The van der Waals surface area contributed by atoms with Crippen molar-refractivity contribution in [2.24, 2.45) is 0 Å². The molecule has 2 atom stereocenters. The van der Waals surface area contributed by atoms with Gasteiger partial charge >= 0.3 is 5.97 Å². The van der Waals surface area contributed by atoms with Gasteiger partial charge in [-0.25, -0.2) is 9.18 Å². The molecular weight excluding hydrogens is 281 g/mol. The Kier molecular flexibility index (Phi) is 5.10. The Morgan fingerprint density at radius 3 is 2.67 bits per heavy atom. The zero-order valence-corrected chi connectivity index (χ0v) is 11.3. The lowest BCUT2D eigenvalue weighted by Gasteiger charge is -2.12. The molecule has 1 fully saturated rings. The number of amides is 1. The van der Waals surface area contributed by atoms with Gasteiger partial charge in [0.15, 0.2) is 12.7 Å². The first-order valence-corrected chi connectivity index (χ1v) is 6.58. The Balaban J connectivity index is 1.66. The zero-order chi connectivity index (χ0) is 15.2. The molecule has 1 aromatic carbocycles. The maximum Gasteiger partial charge on any atom is 0.332 e. The number of halogens is 1. The Morgan fingerprint density at radius 1 is 1.33 bits per heavy atom. The van der Waals surface area contributed by atoms with Crippen molar-refractivity contribution in [2.75, 3.05) is 13.2 Å². The first-order chi connectivity index (χ1) is 10.0. The van der Waals surface area contributed by atoms with Crippen LogP contribution in [0.5, 0.6) is 5.75 Å². The van der Waals surface area contributed by atoms with Gasteiger partial charge in [0.1, 0.15) is 11.6 Å². The van der Waals surface area contributed by atoms with Crippen LogP contribution in [0.2, 0.25) is 0 Å². The fraction of sp³-hybridized carbons (Fsp3) is 0.429. The summed E-state index contributed by atoms with van der Waals surface area (Å²) in [6.07, 6.45) is -0.0406. The Bertz CT molecular complexity index is 505. The van der Waals surface area contributed by atoms with E-state index in [1.165, 1.54) is 24.3 Å². The van der Waals surface area contributed by atoms with Crippen molar-refractivity contribution >= 4 is 11.9 Å². The second-order valence-electron chi connectivity index (χ2n) is 4.71. The summed E-state index contributed by atoms with van der Waals surface area (Å²) in [7, 11) is 0. The predicted molar refractivity (Wildman–Crippen MR) is 70.4 cm³/mol. The number of aliphatic carboxylic acids is 1. The minimum absolute atomic E-state index is 0.194. The van der Waals surface area contributed by atoms with Crippen LogP contribution in [-0.4, -0.2) is 42.3 Å². The number of ether oxygens (including phenoxy) is 2. The molecule has 1 aliphatic heterocycles. The molecule has 0 aromatic heterocycles. The van der Waals surface area contributed by atoms with Crippen molar-refractivity contribution in [2.45, 2.75) is 25.0 Å².